The van der Waals surface area contributed by atoms with E-state index in [0.717, 1.165) is 24.8 Å². The van der Waals surface area contributed by atoms with Crippen molar-refractivity contribution in [3.63, 3.8) is 0 Å². The van der Waals surface area contributed by atoms with E-state index in [1.807, 2.05) is 12.1 Å². The SMILES string of the molecule is O=CC1Cc2cccnc2C1. The zero-order valence-corrected chi connectivity index (χ0v) is 6.16. The third-order valence-electron chi connectivity index (χ3n) is 2.11. The highest BCUT2D eigenvalue weighted by Gasteiger charge is 2.20. The third-order valence-corrected chi connectivity index (χ3v) is 2.11. The van der Waals surface area contributed by atoms with Gasteiger partial charge in [0.1, 0.15) is 6.29 Å². The van der Waals surface area contributed by atoms with E-state index < -0.39 is 0 Å². The number of fused-ring (bicyclic) bond motifs is 1. The zero-order valence-electron chi connectivity index (χ0n) is 6.16. The molecule has 1 unspecified atom stereocenters. The molecule has 1 atom stereocenters. The van der Waals surface area contributed by atoms with Crippen molar-refractivity contribution < 1.29 is 4.79 Å². The van der Waals surface area contributed by atoms with Gasteiger partial charge in [0.2, 0.25) is 0 Å². The predicted molar refractivity (Wildman–Crippen MR) is 41.2 cm³/mol. The number of hydrogen-bond acceptors (Lipinski definition) is 2. The predicted octanol–water partition coefficient (Wildman–Crippen LogP) is 0.995. The molecule has 1 aromatic heterocycles. The van der Waals surface area contributed by atoms with Crippen LogP contribution in [-0.2, 0) is 17.6 Å². The Morgan fingerprint density at radius 1 is 1.55 bits per heavy atom. The zero-order chi connectivity index (χ0) is 7.68. The lowest BCUT2D eigenvalue weighted by molar-refractivity contribution is -0.110. The number of pyridine rings is 1. The van der Waals surface area contributed by atoms with Gasteiger partial charge in [0.15, 0.2) is 0 Å². The second-order valence-corrected chi connectivity index (χ2v) is 2.91. The first-order chi connectivity index (χ1) is 5.40. The van der Waals surface area contributed by atoms with Crippen molar-refractivity contribution in [1.29, 1.82) is 0 Å². The second kappa shape index (κ2) is 2.46. The van der Waals surface area contributed by atoms with Crippen LogP contribution in [0.25, 0.3) is 0 Å². The lowest BCUT2D eigenvalue weighted by atomic mass is 10.1. The molecule has 0 amide bonds. The quantitative estimate of drug-likeness (QED) is 0.554. The Hall–Kier alpha value is -1.18. The summed E-state index contributed by atoms with van der Waals surface area (Å²) in [6.45, 7) is 0. The second-order valence-electron chi connectivity index (χ2n) is 2.91. The Kier molecular flexibility index (Phi) is 1.46. The van der Waals surface area contributed by atoms with E-state index in [0.29, 0.717) is 0 Å². The molecule has 1 aliphatic carbocycles. The Labute approximate surface area is 65.3 Å². The van der Waals surface area contributed by atoms with Gasteiger partial charge in [0.25, 0.3) is 0 Å². The summed E-state index contributed by atoms with van der Waals surface area (Å²) in [5.41, 5.74) is 2.34. The number of aldehydes is 1. The molecule has 11 heavy (non-hydrogen) atoms. The van der Waals surface area contributed by atoms with Crippen molar-refractivity contribution in [3.8, 4) is 0 Å². The standard InChI is InChI=1S/C9H9NO/c11-6-7-4-8-2-1-3-10-9(8)5-7/h1-3,6-7H,4-5H2. The third kappa shape index (κ3) is 1.04. The van der Waals surface area contributed by atoms with Crippen molar-refractivity contribution in [2.45, 2.75) is 12.8 Å². The van der Waals surface area contributed by atoms with Crippen molar-refractivity contribution in [2.75, 3.05) is 0 Å². The Bertz CT molecular complexity index is 258. The molecule has 0 saturated carbocycles. The number of carbonyl (C=O) groups excluding carboxylic acids is 1. The molecule has 1 heterocycles. The topological polar surface area (TPSA) is 30.0 Å². The molecule has 56 valence electrons. The van der Waals surface area contributed by atoms with Crippen LogP contribution in [-0.4, -0.2) is 11.3 Å². The minimum Gasteiger partial charge on any atom is -0.303 e. The maximum Gasteiger partial charge on any atom is 0.123 e. The van der Waals surface area contributed by atoms with Gasteiger partial charge in [0.05, 0.1) is 0 Å². The fraction of sp³-hybridized carbons (Fsp3) is 0.333. The molecule has 0 aromatic carbocycles. The normalized spacial score (nSPS) is 21.3. The van der Waals surface area contributed by atoms with E-state index in [1.165, 1.54) is 5.56 Å². The van der Waals surface area contributed by atoms with Crippen LogP contribution < -0.4 is 0 Å². The average Bonchev–Trinajstić information content (AvgIpc) is 2.46. The number of carbonyl (C=O) groups is 1. The molecular formula is C9H9NO. The van der Waals surface area contributed by atoms with Crippen LogP contribution in [0, 0.1) is 5.92 Å². The Morgan fingerprint density at radius 2 is 2.45 bits per heavy atom. The van der Waals surface area contributed by atoms with Crippen LogP contribution in [0.2, 0.25) is 0 Å². The van der Waals surface area contributed by atoms with E-state index >= 15 is 0 Å². The van der Waals surface area contributed by atoms with Gasteiger partial charge in [-0.15, -0.1) is 0 Å². The van der Waals surface area contributed by atoms with Crippen molar-refractivity contribution >= 4 is 6.29 Å². The molecule has 1 aromatic rings. The molecule has 0 radical (unpaired) electrons. The molecule has 1 aliphatic rings. The minimum absolute atomic E-state index is 0.180. The fourth-order valence-electron chi connectivity index (χ4n) is 1.54. The highest BCUT2D eigenvalue weighted by Crippen LogP contribution is 2.22. The summed E-state index contributed by atoms with van der Waals surface area (Å²) in [7, 11) is 0. The molecule has 0 aliphatic heterocycles. The first-order valence-electron chi connectivity index (χ1n) is 3.78. The van der Waals surface area contributed by atoms with Crippen molar-refractivity contribution in [1.82, 2.24) is 4.98 Å². The lowest BCUT2D eigenvalue weighted by Crippen LogP contribution is -1.99. The van der Waals surface area contributed by atoms with Gasteiger partial charge in [-0.2, -0.15) is 0 Å². The van der Waals surface area contributed by atoms with Gasteiger partial charge >= 0.3 is 0 Å². The van der Waals surface area contributed by atoms with Crippen LogP contribution >= 0.6 is 0 Å². The van der Waals surface area contributed by atoms with Gasteiger partial charge < -0.3 is 4.79 Å². The van der Waals surface area contributed by atoms with Crippen LogP contribution in [0.3, 0.4) is 0 Å². The summed E-state index contributed by atoms with van der Waals surface area (Å²) in [6, 6.07) is 3.97. The Balaban J connectivity index is 2.33. The smallest absolute Gasteiger partial charge is 0.123 e. The summed E-state index contributed by atoms with van der Waals surface area (Å²) in [6.07, 6.45) is 4.53. The summed E-state index contributed by atoms with van der Waals surface area (Å²) in [5.74, 6) is 0.180. The van der Waals surface area contributed by atoms with E-state index in [9.17, 15) is 4.79 Å². The van der Waals surface area contributed by atoms with Crippen LogP contribution in [0.15, 0.2) is 18.3 Å². The van der Waals surface area contributed by atoms with Crippen LogP contribution in [0.4, 0.5) is 0 Å². The molecule has 2 nitrogen and oxygen atoms in total. The first kappa shape index (κ1) is 6.53. The number of aromatic nitrogens is 1. The average molecular weight is 147 g/mol. The summed E-state index contributed by atoms with van der Waals surface area (Å²) < 4.78 is 0. The van der Waals surface area contributed by atoms with E-state index in [4.69, 9.17) is 0 Å². The van der Waals surface area contributed by atoms with Gasteiger partial charge in [-0.1, -0.05) is 6.07 Å². The maximum atomic E-state index is 10.4. The van der Waals surface area contributed by atoms with Crippen molar-refractivity contribution in [3.05, 3.63) is 29.6 Å². The summed E-state index contributed by atoms with van der Waals surface area (Å²) in [5, 5.41) is 0. The van der Waals surface area contributed by atoms with Gasteiger partial charge in [-0.05, 0) is 24.5 Å². The summed E-state index contributed by atoms with van der Waals surface area (Å²) >= 11 is 0. The maximum absolute atomic E-state index is 10.4. The first-order valence-corrected chi connectivity index (χ1v) is 3.78. The van der Waals surface area contributed by atoms with E-state index in [2.05, 4.69) is 4.98 Å². The minimum atomic E-state index is 0.180. The molecule has 0 fully saturated rings. The molecule has 2 rings (SSSR count). The fourth-order valence-corrected chi connectivity index (χ4v) is 1.54. The highest BCUT2D eigenvalue weighted by molar-refractivity contribution is 5.57. The largest absolute Gasteiger partial charge is 0.303 e. The number of nitrogens with zero attached hydrogens (tertiary/aromatic N) is 1. The summed E-state index contributed by atoms with van der Waals surface area (Å²) in [4.78, 5) is 14.6. The van der Waals surface area contributed by atoms with E-state index in [1.54, 1.807) is 6.20 Å². The number of rotatable bonds is 1. The molecule has 2 heteroatoms. The molecule has 0 bridgehead atoms. The number of hydrogen-bond donors (Lipinski definition) is 0. The van der Waals surface area contributed by atoms with E-state index in [-0.39, 0.29) is 5.92 Å². The molecular weight excluding hydrogens is 138 g/mol. The Morgan fingerprint density at radius 3 is 3.18 bits per heavy atom. The van der Waals surface area contributed by atoms with Crippen molar-refractivity contribution in [2.24, 2.45) is 5.92 Å². The highest BCUT2D eigenvalue weighted by atomic mass is 16.1. The monoisotopic (exact) mass is 147 g/mol. The molecule has 0 N–H and O–H groups in total. The van der Waals surface area contributed by atoms with Gasteiger partial charge in [-0.3, -0.25) is 4.98 Å². The lowest BCUT2D eigenvalue weighted by Gasteiger charge is -1.92. The molecule has 0 saturated heterocycles. The molecule has 0 spiro atoms. The van der Waals surface area contributed by atoms with Gasteiger partial charge in [-0.25, -0.2) is 0 Å². The van der Waals surface area contributed by atoms with Gasteiger partial charge in [0, 0.05) is 17.8 Å². The van der Waals surface area contributed by atoms with Crippen LogP contribution in [0.1, 0.15) is 11.3 Å². The van der Waals surface area contributed by atoms with Crippen LogP contribution in [0.5, 0.6) is 0 Å².